The van der Waals surface area contributed by atoms with Crippen LogP contribution in [0.1, 0.15) is 25.7 Å². The van der Waals surface area contributed by atoms with Gasteiger partial charge in [0.05, 0.1) is 24.8 Å². The van der Waals surface area contributed by atoms with Gasteiger partial charge in [0.25, 0.3) is 10.0 Å². The zero-order valence-corrected chi connectivity index (χ0v) is 18.6. The minimum absolute atomic E-state index is 0.0759. The first-order chi connectivity index (χ1) is 14.9. The fourth-order valence-electron chi connectivity index (χ4n) is 4.81. The molecule has 2 aromatic carbocycles. The Labute approximate surface area is 183 Å². The predicted octanol–water partition coefficient (Wildman–Crippen LogP) is 3.20. The smallest absolute Gasteiger partial charge is 0.264 e. The predicted molar refractivity (Wildman–Crippen MR) is 118 cm³/mol. The third-order valence-corrected chi connectivity index (χ3v) is 8.15. The Hall–Kier alpha value is -2.74. The van der Waals surface area contributed by atoms with Crippen LogP contribution in [-0.2, 0) is 14.8 Å². The van der Waals surface area contributed by atoms with E-state index < -0.39 is 10.0 Å². The van der Waals surface area contributed by atoms with Gasteiger partial charge in [-0.1, -0.05) is 18.6 Å². The lowest BCUT2D eigenvalue weighted by atomic mass is 9.95. The Morgan fingerprint density at radius 2 is 1.77 bits per heavy atom. The third kappa shape index (κ3) is 4.35. The molecule has 3 atom stereocenters. The van der Waals surface area contributed by atoms with Gasteiger partial charge in [0.2, 0.25) is 5.91 Å². The van der Waals surface area contributed by atoms with Crippen molar-refractivity contribution in [3.05, 3.63) is 48.5 Å². The number of para-hydroxylation sites is 2. The standard InChI is InChI=1S/C23H28N2O5S/c1-29-18-9-11-19(12-10-18)31(27,28)25(21-5-3-4-6-22(21)30-2)15-23(26)24-20-14-16-7-8-17(20)13-16/h3-6,9-12,16-17,20H,7-8,13-15H2,1-2H3,(H,24,26)/t16-,17+,20+/m0/s1. The molecule has 2 aliphatic rings. The van der Waals surface area contributed by atoms with E-state index in [9.17, 15) is 13.2 Å². The van der Waals surface area contributed by atoms with Crippen molar-refractivity contribution in [2.24, 2.45) is 11.8 Å². The van der Waals surface area contributed by atoms with Gasteiger partial charge in [0.1, 0.15) is 18.0 Å². The van der Waals surface area contributed by atoms with Gasteiger partial charge in [-0.15, -0.1) is 0 Å². The number of fused-ring (bicyclic) bond motifs is 2. The molecule has 0 unspecified atom stereocenters. The first-order valence-corrected chi connectivity index (χ1v) is 12.0. The fraction of sp³-hybridized carbons (Fsp3) is 0.435. The molecule has 166 valence electrons. The van der Waals surface area contributed by atoms with E-state index in [2.05, 4.69) is 5.32 Å². The number of carbonyl (C=O) groups excluding carboxylic acids is 1. The average Bonchev–Trinajstić information content (AvgIpc) is 3.40. The lowest BCUT2D eigenvalue weighted by molar-refractivity contribution is -0.120. The molecule has 0 saturated heterocycles. The molecule has 2 fully saturated rings. The largest absolute Gasteiger partial charge is 0.497 e. The van der Waals surface area contributed by atoms with Gasteiger partial charge in [-0.2, -0.15) is 0 Å². The quantitative estimate of drug-likeness (QED) is 0.676. The van der Waals surface area contributed by atoms with E-state index in [4.69, 9.17) is 9.47 Å². The van der Waals surface area contributed by atoms with Gasteiger partial charge in [-0.3, -0.25) is 9.10 Å². The number of anilines is 1. The number of hydrogen-bond donors (Lipinski definition) is 1. The molecule has 2 saturated carbocycles. The molecule has 8 heteroatoms. The Morgan fingerprint density at radius 1 is 1.03 bits per heavy atom. The summed E-state index contributed by atoms with van der Waals surface area (Å²) >= 11 is 0. The highest BCUT2D eigenvalue weighted by Gasteiger charge is 2.40. The van der Waals surface area contributed by atoms with Crippen molar-refractivity contribution >= 4 is 21.6 Å². The highest BCUT2D eigenvalue weighted by Crippen LogP contribution is 2.44. The summed E-state index contributed by atoms with van der Waals surface area (Å²) < 4.78 is 38.7. The second-order valence-electron chi connectivity index (χ2n) is 8.21. The van der Waals surface area contributed by atoms with E-state index in [1.807, 2.05) is 0 Å². The van der Waals surface area contributed by atoms with Crippen molar-refractivity contribution in [3.63, 3.8) is 0 Å². The van der Waals surface area contributed by atoms with Gasteiger partial charge in [-0.25, -0.2) is 8.42 Å². The number of ether oxygens (including phenoxy) is 2. The van der Waals surface area contributed by atoms with Crippen molar-refractivity contribution in [1.82, 2.24) is 5.32 Å². The van der Waals surface area contributed by atoms with Crippen LogP contribution in [0.3, 0.4) is 0 Å². The molecule has 0 aliphatic heterocycles. The van der Waals surface area contributed by atoms with Crippen LogP contribution in [-0.4, -0.2) is 41.1 Å². The molecule has 4 rings (SSSR count). The Bertz CT molecular complexity index is 1040. The summed E-state index contributed by atoms with van der Waals surface area (Å²) in [6, 6.07) is 13.1. The lowest BCUT2D eigenvalue weighted by Crippen LogP contribution is -2.46. The summed E-state index contributed by atoms with van der Waals surface area (Å²) in [5.41, 5.74) is 0.323. The first-order valence-electron chi connectivity index (χ1n) is 10.5. The molecule has 0 radical (unpaired) electrons. The maximum absolute atomic E-state index is 13.6. The van der Waals surface area contributed by atoms with Crippen molar-refractivity contribution in [2.75, 3.05) is 25.1 Å². The van der Waals surface area contributed by atoms with Gasteiger partial charge in [0, 0.05) is 6.04 Å². The second kappa shape index (κ2) is 8.78. The molecule has 1 N–H and O–H groups in total. The SMILES string of the molecule is COc1ccc(S(=O)(=O)N(CC(=O)N[C@@H]2C[C@H]3CC[C@@H]2C3)c2ccccc2OC)cc1. The summed E-state index contributed by atoms with van der Waals surface area (Å²) in [4.78, 5) is 13.0. The van der Waals surface area contributed by atoms with E-state index in [1.165, 1.54) is 32.8 Å². The maximum Gasteiger partial charge on any atom is 0.264 e. The van der Waals surface area contributed by atoms with E-state index >= 15 is 0 Å². The number of methoxy groups -OCH3 is 2. The second-order valence-corrected chi connectivity index (χ2v) is 10.1. The molecule has 1 amide bonds. The van der Waals surface area contributed by atoms with E-state index in [0.29, 0.717) is 29.0 Å². The third-order valence-electron chi connectivity index (χ3n) is 6.37. The van der Waals surface area contributed by atoms with Crippen molar-refractivity contribution < 1.29 is 22.7 Å². The molecule has 2 aliphatic carbocycles. The molecule has 7 nitrogen and oxygen atoms in total. The molecule has 0 aromatic heterocycles. The summed E-state index contributed by atoms with van der Waals surface area (Å²) in [5.74, 6) is 1.82. The summed E-state index contributed by atoms with van der Waals surface area (Å²) in [6.07, 6.45) is 4.51. The zero-order valence-electron chi connectivity index (χ0n) is 17.8. The van der Waals surface area contributed by atoms with Crippen molar-refractivity contribution in [3.8, 4) is 11.5 Å². The minimum atomic E-state index is -4.01. The zero-order chi connectivity index (χ0) is 22.0. The Balaban J connectivity index is 1.63. The van der Waals surface area contributed by atoms with Gasteiger partial charge in [0.15, 0.2) is 0 Å². The topological polar surface area (TPSA) is 84.9 Å². The fourth-order valence-corrected chi connectivity index (χ4v) is 6.25. The van der Waals surface area contributed by atoms with Crippen LogP contribution >= 0.6 is 0 Å². The molecular weight excluding hydrogens is 416 g/mol. The van der Waals surface area contributed by atoms with Crippen LogP contribution in [0, 0.1) is 11.8 Å². The van der Waals surface area contributed by atoms with Crippen LogP contribution in [0.25, 0.3) is 0 Å². The normalized spacial score (nSPS) is 22.2. The van der Waals surface area contributed by atoms with Crippen LogP contribution in [0.4, 0.5) is 5.69 Å². The first kappa shape index (κ1) is 21.5. The average molecular weight is 445 g/mol. The summed E-state index contributed by atoms with van der Waals surface area (Å²) in [6.45, 7) is -0.317. The number of benzene rings is 2. The highest BCUT2D eigenvalue weighted by atomic mass is 32.2. The highest BCUT2D eigenvalue weighted by molar-refractivity contribution is 7.92. The van der Waals surface area contributed by atoms with Gasteiger partial charge in [-0.05, 0) is 67.5 Å². The number of amides is 1. The monoisotopic (exact) mass is 444 g/mol. The molecule has 2 bridgehead atoms. The van der Waals surface area contributed by atoms with Crippen LogP contribution in [0.2, 0.25) is 0 Å². The maximum atomic E-state index is 13.6. The number of sulfonamides is 1. The Morgan fingerprint density at radius 3 is 2.39 bits per heavy atom. The van der Waals surface area contributed by atoms with Gasteiger partial charge < -0.3 is 14.8 Å². The molecule has 0 spiro atoms. The van der Waals surface area contributed by atoms with Crippen molar-refractivity contribution in [2.45, 2.75) is 36.6 Å². The molecule has 2 aromatic rings. The number of nitrogens with one attached hydrogen (secondary N) is 1. The number of hydrogen-bond acceptors (Lipinski definition) is 5. The molecule has 31 heavy (non-hydrogen) atoms. The lowest BCUT2D eigenvalue weighted by Gasteiger charge is -2.28. The van der Waals surface area contributed by atoms with Crippen molar-refractivity contribution in [1.29, 1.82) is 0 Å². The summed E-state index contributed by atoms with van der Waals surface area (Å²) in [7, 11) is -1.02. The van der Waals surface area contributed by atoms with E-state index in [-0.39, 0.29) is 23.4 Å². The van der Waals surface area contributed by atoms with Gasteiger partial charge >= 0.3 is 0 Å². The van der Waals surface area contributed by atoms with Crippen LogP contribution < -0.4 is 19.1 Å². The molecular formula is C23H28N2O5S. The van der Waals surface area contributed by atoms with Crippen LogP contribution in [0.5, 0.6) is 11.5 Å². The number of carbonyl (C=O) groups is 1. The number of rotatable bonds is 8. The number of nitrogens with zero attached hydrogens (tertiary/aromatic N) is 1. The summed E-state index contributed by atoms with van der Waals surface area (Å²) in [5, 5.41) is 3.08. The minimum Gasteiger partial charge on any atom is -0.497 e. The molecule has 0 heterocycles. The van der Waals surface area contributed by atoms with E-state index in [0.717, 1.165) is 23.6 Å². The van der Waals surface area contributed by atoms with E-state index in [1.54, 1.807) is 36.4 Å². The Kier molecular flexibility index (Phi) is 6.09. The van der Waals surface area contributed by atoms with Crippen LogP contribution in [0.15, 0.2) is 53.4 Å².